The maximum atomic E-state index is 12.8. The zero-order chi connectivity index (χ0) is 21.3. The van der Waals surface area contributed by atoms with Crippen molar-refractivity contribution < 1.29 is 17.9 Å². The van der Waals surface area contributed by atoms with E-state index in [0.717, 1.165) is 24.9 Å². The van der Waals surface area contributed by atoms with Crippen LogP contribution in [0.1, 0.15) is 32.3 Å². The molecule has 1 saturated heterocycles. The van der Waals surface area contributed by atoms with Gasteiger partial charge in [0.25, 0.3) is 5.91 Å². The Kier molecular flexibility index (Phi) is 5.84. The molecule has 0 aromatic heterocycles. The third-order valence-corrected chi connectivity index (χ3v) is 7.96. The molecule has 4 rings (SSSR count). The largest absolute Gasteiger partial charge is 0.484 e. The SMILES string of the molecule is CC1CCN(S(=O)(=O)c2ccc(OCC(=O)N3c4ccccc4C[C@@H]3C)cc2)CC1. The van der Waals surface area contributed by atoms with E-state index in [4.69, 9.17) is 4.74 Å². The molecule has 0 saturated carbocycles. The second kappa shape index (κ2) is 8.40. The number of piperidine rings is 1. The highest BCUT2D eigenvalue weighted by Crippen LogP contribution is 2.32. The number of benzene rings is 2. The van der Waals surface area contributed by atoms with Crippen molar-refractivity contribution in [3.63, 3.8) is 0 Å². The predicted octanol–water partition coefficient (Wildman–Crippen LogP) is 3.46. The number of carbonyl (C=O) groups excluding carboxylic acids is 1. The molecule has 2 aliphatic rings. The lowest BCUT2D eigenvalue weighted by Crippen LogP contribution is -2.39. The molecular weight excluding hydrogens is 400 g/mol. The highest BCUT2D eigenvalue weighted by Gasteiger charge is 2.31. The van der Waals surface area contributed by atoms with Crippen LogP contribution in [-0.2, 0) is 21.2 Å². The molecule has 2 heterocycles. The molecule has 6 nitrogen and oxygen atoms in total. The van der Waals surface area contributed by atoms with Crippen molar-refractivity contribution in [1.29, 1.82) is 0 Å². The molecule has 0 radical (unpaired) electrons. The monoisotopic (exact) mass is 428 g/mol. The topological polar surface area (TPSA) is 66.9 Å². The number of hydrogen-bond acceptors (Lipinski definition) is 4. The molecule has 0 N–H and O–H groups in total. The van der Waals surface area contributed by atoms with E-state index in [1.54, 1.807) is 33.5 Å². The van der Waals surface area contributed by atoms with Crippen LogP contribution in [0.15, 0.2) is 53.4 Å². The van der Waals surface area contributed by atoms with Crippen molar-refractivity contribution in [2.24, 2.45) is 5.92 Å². The summed E-state index contributed by atoms with van der Waals surface area (Å²) in [6, 6.07) is 14.4. The van der Waals surface area contributed by atoms with Gasteiger partial charge in [0, 0.05) is 24.8 Å². The Hall–Kier alpha value is -2.38. The fourth-order valence-electron chi connectivity index (χ4n) is 4.24. The van der Waals surface area contributed by atoms with Crippen LogP contribution in [0, 0.1) is 5.92 Å². The van der Waals surface area contributed by atoms with E-state index in [-0.39, 0.29) is 23.5 Å². The van der Waals surface area contributed by atoms with Gasteiger partial charge < -0.3 is 9.64 Å². The summed E-state index contributed by atoms with van der Waals surface area (Å²) in [7, 11) is -3.48. The maximum absolute atomic E-state index is 12.8. The molecule has 0 aliphatic carbocycles. The van der Waals surface area contributed by atoms with E-state index < -0.39 is 10.0 Å². The van der Waals surface area contributed by atoms with Crippen molar-refractivity contribution in [1.82, 2.24) is 4.31 Å². The second-order valence-electron chi connectivity index (χ2n) is 8.29. The van der Waals surface area contributed by atoms with Crippen molar-refractivity contribution in [2.75, 3.05) is 24.6 Å². The van der Waals surface area contributed by atoms with Gasteiger partial charge in [0.1, 0.15) is 5.75 Å². The van der Waals surface area contributed by atoms with E-state index in [1.165, 1.54) is 5.56 Å². The van der Waals surface area contributed by atoms with Crippen molar-refractivity contribution in [3.05, 3.63) is 54.1 Å². The average Bonchev–Trinajstić information content (AvgIpc) is 3.08. The molecule has 2 aliphatic heterocycles. The van der Waals surface area contributed by atoms with Gasteiger partial charge >= 0.3 is 0 Å². The Balaban J connectivity index is 1.39. The number of amides is 1. The first-order valence-electron chi connectivity index (χ1n) is 10.5. The first-order valence-corrected chi connectivity index (χ1v) is 11.9. The number of para-hydroxylation sites is 1. The van der Waals surface area contributed by atoms with Crippen LogP contribution in [0.2, 0.25) is 0 Å². The molecule has 0 unspecified atom stereocenters. The Labute approximate surface area is 178 Å². The van der Waals surface area contributed by atoms with Crippen molar-refractivity contribution in [3.8, 4) is 5.75 Å². The smallest absolute Gasteiger partial charge is 0.265 e. The minimum Gasteiger partial charge on any atom is -0.484 e. The van der Waals surface area contributed by atoms with Crippen LogP contribution < -0.4 is 9.64 Å². The van der Waals surface area contributed by atoms with E-state index in [9.17, 15) is 13.2 Å². The summed E-state index contributed by atoms with van der Waals surface area (Å²) in [6.07, 6.45) is 2.62. The maximum Gasteiger partial charge on any atom is 0.265 e. The zero-order valence-electron chi connectivity index (χ0n) is 17.5. The van der Waals surface area contributed by atoms with E-state index in [2.05, 4.69) is 6.92 Å². The number of sulfonamides is 1. The summed E-state index contributed by atoms with van der Waals surface area (Å²) in [5.74, 6) is 0.941. The van der Waals surface area contributed by atoms with Crippen LogP contribution in [-0.4, -0.2) is 44.4 Å². The summed E-state index contributed by atoms with van der Waals surface area (Å²) in [6.45, 7) is 5.21. The predicted molar refractivity (Wildman–Crippen MR) is 116 cm³/mol. The number of rotatable bonds is 5. The van der Waals surface area contributed by atoms with Gasteiger partial charge in [-0.15, -0.1) is 0 Å². The van der Waals surface area contributed by atoms with Gasteiger partial charge in [0.15, 0.2) is 6.61 Å². The molecule has 1 atom stereocenters. The van der Waals surface area contributed by atoms with Crippen LogP contribution in [0.3, 0.4) is 0 Å². The summed E-state index contributed by atoms with van der Waals surface area (Å²) in [5.41, 5.74) is 2.11. The van der Waals surface area contributed by atoms with Gasteiger partial charge in [-0.2, -0.15) is 4.31 Å². The molecule has 160 valence electrons. The second-order valence-corrected chi connectivity index (χ2v) is 10.2. The van der Waals surface area contributed by atoms with Crippen molar-refractivity contribution >= 4 is 21.6 Å². The Bertz CT molecular complexity index is 1010. The molecule has 0 spiro atoms. The normalized spacial score (nSPS) is 20.2. The summed E-state index contributed by atoms with van der Waals surface area (Å²) in [5, 5.41) is 0. The number of carbonyl (C=O) groups is 1. The number of anilines is 1. The fraction of sp³-hybridized carbons (Fsp3) is 0.435. The first kappa shape index (κ1) is 20.9. The van der Waals surface area contributed by atoms with Gasteiger partial charge in [-0.1, -0.05) is 25.1 Å². The number of ether oxygens (including phenoxy) is 1. The lowest BCUT2D eigenvalue weighted by atomic mass is 10.0. The average molecular weight is 429 g/mol. The molecule has 7 heteroatoms. The Morgan fingerprint density at radius 1 is 1.03 bits per heavy atom. The molecule has 2 aromatic rings. The lowest BCUT2D eigenvalue weighted by Gasteiger charge is -2.29. The van der Waals surface area contributed by atoms with E-state index in [0.29, 0.717) is 24.8 Å². The number of nitrogens with zero attached hydrogens (tertiary/aromatic N) is 2. The zero-order valence-corrected chi connectivity index (χ0v) is 18.3. The van der Waals surface area contributed by atoms with Crippen LogP contribution in [0.25, 0.3) is 0 Å². The first-order chi connectivity index (χ1) is 14.4. The van der Waals surface area contributed by atoms with Crippen LogP contribution in [0.5, 0.6) is 5.75 Å². The van der Waals surface area contributed by atoms with Gasteiger partial charge in [0.05, 0.1) is 4.90 Å². The molecule has 2 aromatic carbocycles. The Morgan fingerprint density at radius 3 is 2.40 bits per heavy atom. The third-order valence-electron chi connectivity index (χ3n) is 6.04. The third kappa shape index (κ3) is 4.09. The summed E-state index contributed by atoms with van der Waals surface area (Å²) >= 11 is 0. The van der Waals surface area contributed by atoms with Gasteiger partial charge in [-0.05, 0) is 68.0 Å². The van der Waals surface area contributed by atoms with Gasteiger partial charge in [-0.3, -0.25) is 4.79 Å². The molecule has 1 amide bonds. The summed E-state index contributed by atoms with van der Waals surface area (Å²) in [4.78, 5) is 14.8. The quantitative estimate of drug-likeness (QED) is 0.731. The van der Waals surface area contributed by atoms with Crippen LogP contribution in [0.4, 0.5) is 5.69 Å². The fourth-order valence-corrected chi connectivity index (χ4v) is 5.71. The Morgan fingerprint density at radius 2 is 1.70 bits per heavy atom. The lowest BCUT2D eigenvalue weighted by molar-refractivity contribution is -0.120. The van der Waals surface area contributed by atoms with Gasteiger partial charge in [0.2, 0.25) is 10.0 Å². The standard InChI is InChI=1S/C23H28N2O4S/c1-17-11-13-24(14-12-17)30(27,28)21-9-7-20(8-10-21)29-16-23(26)25-18(2)15-19-5-3-4-6-22(19)25/h3-10,17-18H,11-16H2,1-2H3/t18-/m0/s1. The molecule has 30 heavy (non-hydrogen) atoms. The van der Waals surface area contributed by atoms with Crippen molar-refractivity contribution in [2.45, 2.75) is 44.0 Å². The highest BCUT2D eigenvalue weighted by molar-refractivity contribution is 7.89. The number of hydrogen-bond donors (Lipinski definition) is 0. The molecule has 1 fully saturated rings. The molecular formula is C23H28N2O4S. The van der Waals surface area contributed by atoms with E-state index in [1.807, 2.05) is 31.2 Å². The van der Waals surface area contributed by atoms with Gasteiger partial charge in [-0.25, -0.2) is 8.42 Å². The highest BCUT2D eigenvalue weighted by atomic mass is 32.2. The minimum absolute atomic E-state index is 0.0885. The number of fused-ring (bicyclic) bond motifs is 1. The molecule has 0 bridgehead atoms. The van der Waals surface area contributed by atoms with Crippen LogP contribution >= 0.6 is 0 Å². The summed E-state index contributed by atoms with van der Waals surface area (Å²) < 4.78 is 32.9. The minimum atomic E-state index is -3.48. The van der Waals surface area contributed by atoms with E-state index >= 15 is 0 Å².